The molecule has 1 unspecified atom stereocenters. The molecule has 0 spiro atoms. The van der Waals surface area contributed by atoms with Crippen molar-refractivity contribution < 1.29 is 9.50 Å². The van der Waals surface area contributed by atoms with Crippen LogP contribution in [0, 0.1) is 5.82 Å². The van der Waals surface area contributed by atoms with Gasteiger partial charge in [0.2, 0.25) is 0 Å². The van der Waals surface area contributed by atoms with Crippen molar-refractivity contribution in [1.82, 2.24) is 4.98 Å². The summed E-state index contributed by atoms with van der Waals surface area (Å²) in [4.78, 5) is 3.86. The number of nitrogens with zero attached hydrogens (tertiary/aromatic N) is 1. The van der Waals surface area contributed by atoms with Crippen LogP contribution in [-0.2, 0) is 0 Å². The van der Waals surface area contributed by atoms with Crippen molar-refractivity contribution in [2.24, 2.45) is 0 Å². The van der Waals surface area contributed by atoms with Crippen molar-refractivity contribution in [3.8, 4) is 0 Å². The summed E-state index contributed by atoms with van der Waals surface area (Å²) in [7, 11) is 0. The lowest BCUT2D eigenvalue weighted by atomic mass is 10.0. The van der Waals surface area contributed by atoms with Gasteiger partial charge in [-0.2, -0.15) is 0 Å². The molecule has 0 saturated carbocycles. The zero-order valence-corrected chi connectivity index (χ0v) is 9.03. The Kier molecular flexibility index (Phi) is 3.17. The van der Waals surface area contributed by atoms with Gasteiger partial charge < -0.3 is 5.11 Å². The highest BCUT2D eigenvalue weighted by Gasteiger charge is 2.11. The molecule has 0 amide bonds. The second-order valence-electron chi connectivity index (χ2n) is 3.37. The summed E-state index contributed by atoms with van der Waals surface area (Å²) in [5.74, 6) is -0.376. The number of pyridine rings is 1. The summed E-state index contributed by atoms with van der Waals surface area (Å²) in [6.07, 6.45) is 0.582. The van der Waals surface area contributed by atoms with E-state index in [1.54, 1.807) is 24.3 Å². The van der Waals surface area contributed by atoms with Gasteiger partial charge in [-0.3, -0.25) is 0 Å². The van der Waals surface area contributed by atoms with Crippen LogP contribution in [0.2, 0.25) is 5.15 Å². The average Bonchev–Trinajstić information content (AvgIpc) is 2.29. The van der Waals surface area contributed by atoms with Crippen LogP contribution >= 0.6 is 11.6 Å². The number of rotatable bonds is 2. The molecule has 0 aliphatic carbocycles. The molecule has 0 bridgehead atoms. The SMILES string of the molecule is OC(c1ccc(Cl)nc1)c1cccc(F)c1. The van der Waals surface area contributed by atoms with Crippen molar-refractivity contribution >= 4 is 11.6 Å². The fourth-order valence-corrected chi connectivity index (χ4v) is 1.53. The maximum absolute atomic E-state index is 13.0. The van der Waals surface area contributed by atoms with Gasteiger partial charge in [-0.05, 0) is 23.8 Å². The maximum atomic E-state index is 13.0. The molecular weight excluding hydrogens is 229 g/mol. The van der Waals surface area contributed by atoms with Crippen LogP contribution in [0.3, 0.4) is 0 Å². The van der Waals surface area contributed by atoms with Crippen LogP contribution in [0.4, 0.5) is 4.39 Å². The zero-order chi connectivity index (χ0) is 11.5. The number of hydrogen-bond donors (Lipinski definition) is 1. The van der Waals surface area contributed by atoms with Crippen molar-refractivity contribution in [2.45, 2.75) is 6.10 Å². The summed E-state index contributed by atoms with van der Waals surface area (Å²) >= 11 is 5.63. The van der Waals surface area contributed by atoms with Gasteiger partial charge in [0.1, 0.15) is 17.1 Å². The standard InChI is InChI=1S/C12H9ClFNO/c13-11-5-4-9(7-15-11)12(16)8-2-1-3-10(14)6-8/h1-7,12,16H. The molecule has 82 valence electrons. The Hall–Kier alpha value is -1.45. The smallest absolute Gasteiger partial charge is 0.129 e. The Balaban J connectivity index is 2.31. The molecule has 2 nitrogen and oxygen atoms in total. The molecule has 16 heavy (non-hydrogen) atoms. The normalized spacial score (nSPS) is 12.4. The van der Waals surface area contributed by atoms with E-state index in [4.69, 9.17) is 11.6 Å². The molecule has 1 heterocycles. The lowest BCUT2D eigenvalue weighted by Gasteiger charge is -2.10. The molecule has 0 fully saturated rings. The predicted molar refractivity (Wildman–Crippen MR) is 59.7 cm³/mol. The fourth-order valence-electron chi connectivity index (χ4n) is 1.42. The van der Waals surface area contributed by atoms with Gasteiger partial charge in [-0.15, -0.1) is 0 Å². The van der Waals surface area contributed by atoms with E-state index in [1.165, 1.54) is 18.3 Å². The van der Waals surface area contributed by atoms with Gasteiger partial charge in [-0.25, -0.2) is 9.37 Å². The Labute approximate surface area is 97.3 Å². The first-order valence-electron chi connectivity index (χ1n) is 4.72. The van der Waals surface area contributed by atoms with Gasteiger partial charge in [0.25, 0.3) is 0 Å². The van der Waals surface area contributed by atoms with Gasteiger partial charge in [0, 0.05) is 11.8 Å². The van der Waals surface area contributed by atoms with E-state index in [9.17, 15) is 9.50 Å². The van der Waals surface area contributed by atoms with E-state index in [2.05, 4.69) is 4.98 Å². The monoisotopic (exact) mass is 237 g/mol. The third kappa shape index (κ3) is 2.38. The van der Waals surface area contributed by atoms with Crippen molar-refractivity contribution in [3.63, 3.8) is 0 Å². The summed E-state index contributed by atoms with van der Waals surface area (Å²) < 4.78 is 13.0. The third-order valence-corrected chi connectivity index (χ3v) is 2.45. The lowest BCUT2D eigenvalue weighted by molar-refractivity contribution is 0.219. The first-order valence-corrected chi connectivity index (χ1v) is 5.09. The molecule has 1 aromatic heterocycles. The molecule has 4 heteroatoms. The summed E-state index contributed by atoms with van der Waals surface area (Å²) in [6.45, 7) is 0. The topological polar surface area (TPSA) is 33.1 Å². The quantitative estimate of drug-likeness (QED) is 0.815. The first kappa shape index (κ1) is 11.0. The summed E-state index contributed by atoms with van der Waals surface area (Å²) in [5.41, 5.74) is 1.07. The van der Waals surface area contributed by atoms with Gasteiger partial charge in [0.05, 0.1) is 0 Å². The van der Waals surface area contributed by atoms with Gasteiger partial charge in [0.15, 0.2) is 0 Å². The minimum absolute atomic E-state index is 0.357. The zero-order valence-electron chi connectivity index (χ0n) is 8.27. The molecule has 0 saturated heterocycles. The molecule has 1 aromatic carbocycles. The fraction of sp³-hybridized carbons (Fsp3) is 0.0833. The van der Waals surface area contributed by atoms with Gasteiger partial charge in [-0.1, -0.05) is 29.8 Å². The molecule has 0 aliphatic heterocycles. The van der Waals surface area contributed by atoms with Crippen LogP contribution in [0.5, 0.6) is 0 Å². The van der Waals surface area contributed by atoms with E-state index in [0.29, 0.717) is 16.3 Å². The second-order valence-corrected chi connectivity index (χ2v) is 3.76. The highest BCUT2D eigenvalue weighted by molar-refractivity contribution is 6.29. The maximum Gasteiger partial charge on any atom is 0.129 e. The summed E-state index contributed by atoms with van der Waals surface area (Å²) in [6, 6.07) is 9.07. The van der Waals surface area contributed by atoms with Crippen LogP contribution < -0.4 is 0 Å². The Morgan fingerprint density at radius 2 is 2.00 bits per heavy atom. The van der Waals surface area contributed by atoms with Crippen LogP contribution in [0.1, 0.15) is 17.2 Å². The predicted octanol–water partition coefficient (Wildman–Crippen LogP) is 2.96. The van der Waals surface area contributed by atoms with E-state index in [-0.39, 0.29) is 5.82 Å². The molecule has 2 aromatic rings. The van der Waals surface area contributed by atoms with E-state index >= 15 is 0 Å². The Morgan fingerprint density at radius 1 is 1.19 bits per heavy atom. The highest BCUT2D eigenvalue weighted by Crippen LogP contribution is 2.22. The number of benzene rings is 1. The highest BCUT2D eigenvalue weighted by atomic mass is 35.5. The Bertz CT molecular complexity index is 487. The van der Waals surface area contributed by atoms with E-state index < -0.39 is 6.10 Å². The van der Waals surface area contributed by atoms with Crippen molar-refractivity contribution in [2.75, 3.05) is 0 Å². The van der Waals surface area contributed by atoms with E-state index in [1.807, 2.05) is 0 Å². The first-order chi connectivity index (χ1) is 7.66. The number of aliphatic hydroxyl groups excluding tert-OH is 1. The average molecular weight is 238 g/mol. The largest absolute Gasteiger partial charge is 0.384 e. The number of halogens is 2. The number of hydrogen-bond acceptors (Lipinski definition) is 2. The molecule has 1 N–H and O–H groups in total. The minimum atomic E-state index is -0.888. The van der Waals surface area contributed by atoms with Gasteiger partial charge >= 0.3 is 0 Å². The molecular formula is C12H9ClFNO. The summed E-state index contributed by atoms with van der Waals surface area (Å²) in [5, 5.41) is 10.3. The van der Waals surface area contributed by atoms with E-state index in [0.717, 1.165) is 0 Å². The molecule has 0 aliphatic rings. The third-order valence-electron chi connectivity index (χ3n) is 2.23. The Morgan fingerprint density at radius 3 is 2.62 bits per heavy atom. The van der Waals surface area contributed by atoms with Crippen molar-refractivity contribution in [3.05, 3.63) is 64.7 Å². The second kappa shape index (κ2) is 4.60. The molecule has 1 atom stereocenters. The molecule has 2 rings (SSSR count). The molecule has 0 radical (unpaired) electrons. The van der Waals surface area contributed by atoms with Crippen molar-refractivity contribution in [1.29, 1.82) is 0 Å². The van der Waals surface area contributed by atoms with Crippen LogP contribution in [0.15, 0.2) is 42.6 Å². The van der Waals surface area contributed by atoms with Crippen LogP contribution in [0.25, 0.3) is 0 Å². The number of aliphatic hydroxyl groups is 1. The number of aromatic nitrogens is 1. The van der Waals surface area contributed by atoms with Crippen LogP contribution in [-0.4, -0.2) is 10.1 Å². The lowest BCUT2D eigenvalue weighted by Crippen LogP contribution is -2.00. The minimum Gasteiger partial charge on any atom is -0.384 e.